The lowest BCUT2D eigenvalue weighted by atomic mass is 10.1. The van der Waals surface area contributed by atoms with Crippen LogP contribution in [0.5, 0.6) is 5.75 Å². The average molecular weight is 389 g/mol. The van der Waals surface area contributed by atoms with Crippen LogP contribution in [0.25, 0.3) is 0 Å². The van der Waals surface area contributed by atoms with E-state index in [1.807, 2.05) is 54.6 Å². The molecular weight excluding hydrogens is 366 g/mol. The molecule has 0 spiro atoms. The van der Waals surface area contributed by atoms with Crippen molar-refractivity contribution in [1.29, 1.82) is 0 Å². The number of hydrogen-bond acceptors (Lipinski definition) is 4. The molecule has 0 unspecified atom stereocenters. The van der Waals surface area contributed by atoms with Gasteiger partial charge in [0.2, 0.25) is 0 Å². The molecule has 0 aliphatic carbocycles. The van der Waals surface area contributed by atoms with Gasteiger partial charge >= 0.3 is 0 Å². The Morgan fingerprint density at radius 2 is 1.48 bits per heavy atom. The second kappa shape index (κ2) is 10.0. The third kappa shape index (κ3) is 5.90. The second-order valence-electron chi connectivity index (χ2n) is 6.43. The van der Waals surface area contributed by atoms with Crippen molar-refractivity contribution in [3.05, 3.63) is 95.3 Å². The number of benzene rings is 2. The predicted octanol–water partition coefficient (Wildman–Crippen LogP) is 2.99. The van der Waals surface area contributed by atoms with Gasteiger partial charge in [-0.05, 0) is 41.8 Å². The minimum Gasteiger partial charge on any atom is -0.497 e. The average Bonchev–Trinajstić information content (AvgIpc) is 2.78. The molecule has 29 heavy (non-hydrogen) atoms. The molecule has 3 rings (SSSR count). The number of ether oxygens (including phenoxy) is 1. The van der Waals surface area contributed by atoms with Gasteiger partial charge in [0, 0.05) is 13.1 Å². The SMILES string of the molecule is COc1cccc(CCNC(=O)c2cccc(C(=O)NCc3ccccc3)n2)c1. The molecule has 6 heteroatoms. The first-order chi connectivity index (χ1) is 14.2. The van der Waals surface area contributed by atoms with E-state index in [4.69, 9.17) is 4.74 Å². The van der Waals surface area contributed by atoms with Crippen LogP contribution in [-0.2, 0) is 13.0 Å². The molecule has 0 fully saturated rings. The summed E-state index contributed by atoms with van der Waals surface area (Å²) in [6.07, 6.45) is 0.667. The lowest BCUT2D eigenvalue weighted by Gasteiger charge is -2.08. The summed E-state index contributed by atoms with van der Waals surface area (Å²) in [5.41, 5.74) is 2.48. The van der Waals surface area contributed by atoms with Gasteiger partial charge in [0.1, 0.15) is 17.1 Å². The number of carbonyl (C=O) groups is 2. The zero-order valence-electron chi connectivity index (χ0n) is 16.2. The maximum atomic E-state index is 12.4. The lowest BCUT2D eigenvalue weighted by molar-refractivity contribution is 0.0943. The molecule has 0 aliphatic rings. The maximum absolute atomic E-state index is 12.4. The molecule has 1 heterocycles. The standard InChI is InChI=1S/C23H23N3O3/c1-29-19-10-5-9-17(15-19)13-14-24-22(27)20-11-6-12-21(26-20)23(28)25-16-18-7-3-2-4-8-18/h2-12,15H,13-14,16H2,1H3,(H,24,27)(H,25,28). The van der Waals surface area contributed by atoms with Gasteiger partial charge in [-0.1, -0.05) is 48.5 Å². The lowest BCUT2D eigenvalue weighted by Crippen LogP contribution is -2.28. The van der Waals surface area contributed by atoms with Gasteiger partial charge in [-0.25, -0.2) is 4.98 Å². The molecular formula is C23H23N3O3. The monoisotopic (exact) mass is 389 g/mol. The van der Waals surface area contributed by atoms with Crippen LogP contribution in [0.2, 0.25) is 0 Å². The molecule has 2 aromatic carbocycles. The molecule has 0 radical (unpaired) electrons. The number of nitrogens with zero attached hydrogens (tertiary/aromatic N) is 1. The van der Waals surface area contributed by atoms with E-state index in [2.05, 4.69) is 15.6 Å². The van der Waals surface area contributed by atoms with E-state index >= 15 is 0 Å². The van der Waals surface area contributed by atoms with E-state index in [1.54, 1.807) is 25.3 Å². The number of methoxy groups -OCH3 is 1. The van der Waals surface area contributed by atoms with Crippen molar-refractivity contribution in [3.8, 4) is 5.75 Å². The van der Waals surface area contributed by atoms with E-state index in [-0.39, 0.29) is 23.2 Å². The number of nitrogens with one attached hydrogen (secondary N) is 2. The Balaban J connectivity index is 1.53. The summed E-state index contributed by atoms with van der Waals surface area (Å²) in [6, 6.07) is 22.1. The molecule has 0 bridgehead atoms. The quantitative estimate of drug-likeness (QED) is 0.621. The van der Waals surface area contributed by atoms with E-state index < -0.39 is 0 Å². The van der Waals surface area contributed by atoms with Crippen LogP contribution in [0.3, 0.4) is 0 Å². The van der Waals surface area contributed by atoms with Crippen molar-refractivity contribution in [2.45, 2.75) is 13.0 Å². The Morgan fingerprint density at radius 3 is 2.21 bits per heavy atom. The number of amides is 2. The Labute approximate surface area is 169 Å². The number of hydrogen-bond donors (Lipinski definition) is 2. The molecule has 0 saturated heterocycles. The second-order valence-corrected chi connectivity index (χ2v) is 6.43. The van der Waals surface area contributed by atoms with E-state index in [1.165, 1.54) is 0 Å². The molecule has 148 valence electrons. The van der Waals surface area contributed by atoms with Gasteiger partial charge in [0.15, 0.2) is 0 Å². The molecule has 3 aromatic rings. The maximum Gasteiger partial charge on any atom is 0.270 e. The highest BCUT2D eigenvalue weighted by molar-refractivity contribution is 5.96. The first-order valence-corrected chi connectivity index (χ1v) is 9.36. The molecule has 0 atom stereocenters. The fraction of sp³-hybridized carbons (Fsp3) is 0.174. The van der Waals surface area contributed by atoms with Crippen molar-refractivity contribution in [2.75, 3.05) is 13.7 Å². The molecule has 0 aliphatic heterocycles. The summed E-state index contributed by atoms with van der Waals surface area (Å²) in [6.45, 7) is 0.858. The van der Waals surface area contributed by atoms with Crippen molar-refractivity contribution in [1.82, 2.24) is 15.6 Å². The van der Waals surface area contributed by atoms with E-state index in [0.29, 0.717) is 19.5 Å². The summed E-state index contributed by atoms with van der Waals surface area (Å²) in [5, 5.41) is 5.65. The topological polar surface area (TPSA) is 80.3 Å². The fourth-order valence-electron chi connectivity index (χ4n) is 2.80. The summed E-state index contributed by atoms with van der Waals surface area (Å²) in [7, 11) is 1.62. The Bertz CT molecular complexity index is 974. The van der Waals surface area contributed by atoms with Crippen molar-refractivity contribution < 1.29 is 14.3 Å². The van der Waals surface area contributed by atoms with Crippen molar-refractivity contribution in [2.24, 2.45) is 0 Å². The first-order valence-electron chi connectivity index (χ1n) is 9.36. The number of carbonyl (C=O) groups excluding carboxylic acids is 2. The van der Waals surface area contributed by atoms with Gasteiger partial charge in [0.25, 0.3) is 11.8 Å². The highest BCUT2D eigenvalue weighted by Gasteiger charge is 2.12. The highest BCUT2D eigenvalue weighted by atomic mass is 16.5. The Kier molecular flexibility index (Phi) is 6.95. The summed E-state index contributed by atoms with van der Waals surface area (Å²) < 4.78 is 5.20. The third-order valence-electron chi connectivity index (χ3n) is 4.34. The zero-order valence-corrected chi connectivity index (χ0v) is 16.2. The fourth-order valence-corrected chi connectivity index (χ4v) is 2.80. The van der Waals surface area contributed by atoms with Crippen LogP contribution in [-0.4, -0.2) is 30.5 Å². The molecule has 2 amide bonds. The van der Waals surface area contributed by atoms with Crippen LogP contribution in [0.15, 0.2) is 72.8 Å². The Hall–Kier alpha value is -3.67. The van der Waals surface area contributed by atoms with Crippen LogP contribution < -0.4 is 15.4 Å². The van der Waals surface area contributed by atoms with E-state index in [0.717, 1.165) is 16.9 Å². The Morgan fingerprint density at radius 1 is 0.828 bits per heavy atom. The number of rotatable bonds is 8. The number of aromatic nitrogens is 1. The van der Waals surface area contributed by atoms with E-state index in [9.17, 15) is 9.59 Å². The van der Waals surface area contributed by atoms with Crippen LogP contribution in [0, 0.1) is 0 Å². The summed E-state index contributed by atoms with van der Waals surface area (Å²) in [5.74, 6) is 0.148. The largest absolute Gasteiger partial charge is 0.497 e. The summed E-state index contributed by atoms with van der Waals surface area (Å²) >= 11 is 0. The smallest absolute Gasteiger partial charge is 0.270 e. The van der Waals surface area contributed by atoms with Crippen LogP contribution in [0.1, 0.15) is 32.1 Å². The minimum absolute atomic E-state index is 0.210. The third-order valence-corrected chi connectivity index (χ3v) is 4.34. The highest BCUT2D eigenvalue weighted by Crippen LogP contribution is 2.12. The number of pyridine rings is 1. The normalized spacial score (nSPS) is 10.2. The first kappa shape index (κ1) is 20.1. The zero-order chi connectivity index (χ0) is 20.5. The van der Waals surface area contributed by atoms with Crippen molar-refractivity contribution in [3.63, 3.8) is 0 Å². The van der Waals surface area contributed by atoms with Gasteiger partial charge in [-0.15, -0.1) is 0 Å². The van der Waals surface area contributed by atoms with Gasteiger partial charge in [-0.2, -0.15) is 0 Å². The van der Waals surface area contributed by atoms with Crippen LogP contribution in [0.4, 0.5) is 0 Å². The van der Waals surface area contributed by atoms with Crippen LogP contribution >= 0.6 is 0 Å². The molecule has 2 N–H and O–H groups in total. The summed E-state index contributed by atoms with van der Waals surface area (Å²) in [4.78, 5) is 28.9. The van der Waals surface area contributed by atoms with Gasteiger partial charge < -0.3 is 15.4 Å². The predicted molar refractivity (Wildman–Crippen MR) is 111 cm³/mol. The minimum atomic E-state index is -0.320. The molecule has 1 aromatic heterocycles. The molecule has 0 saturated carbocycles. The van der Waals surface area contributed by atoms with Gasteiger partial charge in [-0.3, -0.25) is 9.59 Å². The molecule has 6 nitrogen and oxygen atoms in total. The van der Waals surface area contributed by atoms with Gasteiger partial charge in [0.05, 0.1) is 7.11 Å². The van der Waals surface area contributed by atoms with Crippen molar-refractivity contribution >= 4 is 11.8 Å².